The zero-order valence-electron chi connectivity index (χ0n) is 17.1. The standard InChI is InChI=1S/C22H18ClFN4O3S/c1-11-21(32-15-5-3-4-12(6-15)22(30)31)18-13(7-16(23)19(24)20(18)26-11)8-17(29)27-14-9-25-28(2)10-14/h3-7,9-10,26H,8H2,1-2H3,(H,27,29)(H,30,31). The molecule has 2 heterocycles. The number of rotatable bonds is 6. The highest BCUT2D eigenvalue weighted by atomic mass is 35.5. The first-order chi connectivity index (χ1) is 15.2. The van der Waals surface area contributed by atoms with Crippen LogP contribution in [0.2, 0.25) is 5.02 Å². The number of carboxylic acid groups (broad SMARTS) is 1. The fourth-order valence-electron chi connectivity index (χ4n) is 3.43. The Morgan fingerprint density at radius 3 is 2.81 bits per heavy atom. The molecule has 0 aliphatic heterocycles. The Kier molecular flexibility index (Phi) is 5.94. The average Bonchev–Trinajstić information content (AvgIpc) is 3.29. The normalized spacial score (nSPS) is 11.1. The lowest BCUT2D eigenvalue weighted by molar-refractivity contribution is -0.115. The van der Waals surface area contributed by atoms with E-state index in [1.807, 2.05) is 0 Å². The van der Waals surface area contributed by atoms with Crippen molar-refractivity contribution in [3.8, 4) is 0 Å². The molecule has 3 N–H and O–H groups in total. The first kappa shape index (κ1) is 21.9. The molecule has 0 aliphatic rings. The Bertz CT molecular complexity index is 1360. The van der Waals surface area contributed by atoms with Crippen LogP contribution in [0.5, 0.6) is 0 Å². The molecule has 0 bridgehead atoms. The molecule has 0 radical (unpaired) electrons. The van der Waals surface area contributed by atoms with Gasteiger partial charge in [0.2, 0.25) is 5.91 Å². The molecule has 0 saturated heterocycles. The number of aromatic amines is 1. The summed E-state index contributed by atoms with van der Waals surface area (Å²) < 4.78 is 16.4. The number of benzene rings is 2. The van der Waals surface area contributed by atoms with Crippen LogP contribution in [0.15, 0.2) is 52.5 Å². The van der Waals surface area contributed by atoms with Crippen molar-refractivity contribution in [2.24, 2.45) is 7.05 Å². The Labute approximate surface area is 191 Å². The lowest BCUT2D eigenvalue weighted by Crippen LogP contribution is -2.14. The van der Waals surface area contributed by atoms with Crippen molar-refractivity contribution in [3.05, 3.63) is 70.4 Å². The molecule has 0 saturated carbocycles. The van der Waals surface area contributed by atoms with E-state index in [4.69, 9.17) is 11.6 Å². The molecule has 2 aromatic heterocycles. The van der Waals surface area contributed by atoms with Crippen molar-refractivity contribution in [3.63, 3.8) is 0 Å². The Morgan fingerprint density at radius 1 is 1.34 bits per heavy atom. The zero-order chi connectivity index (χ0) is 23.0. The number of amides is 1. The predicted molar refractivity (Wildman–Crippen MR) is 121 cm³/mol. The molecule has 164 valence electrons. The molecule has 2 aromatic carbocycles. The van der Waals surface area contributed by atoms with Gasteiger partial charge in [0.05, 0.1) is 34.4 Å². The Balaban J connectivity index is 1.74. The molecular formula is C22H18ClFN4O3S. The predicted octanol–water partition coefficient (Wildman–Crippen LogP) is 5.03. The third kappa shape index (κ3) is 4.35. The fraction of sp³-hybridized carbons (Fsp3) is 0.136. The minimum absolute atomic E-state index is 0.0363. The van der Waals surface area contributed by atoms with Crippen LogP contribution in [0, 0.1) is 12.7 Å². The minimum atomic E-state index is -1.03. The monoisotopic (exact) mass is 472 g/mol. The summed E-state index contributed by atoms with van der Waals surface area (Å²) in [7, 11) is 1.74. The highest BCUT2D eigenvalue weighted by molar-refractivity contribution is 7.99. The zero-order valence-corrected chi connectivity index (χ0v) is 18.6. The van der Waals surface area contributed by atoms with E-state index in [1.165, 1.54) is 30.1 Å². The van der Waals surface area contributed by atoms with Crippen molar-refractivity contribution in [1.29, 1.82) is 0 Å². The number of aromatic nitrogens is 3. The summed E-state index contributed by atoms with van der Waals surface area (Å²) in [6.07, 6.45) is 3.16. The van der Waals surface area contributed by atoms with Gasteiger partial charge in [0, 0.05) is 34.1 Å². The number of aryl methyl sites for hydroxylation is 2. The molecule has 4 rings (SSSR count). The number of carbonyl (C=O) groups excluding carboxylic acids is 1. The van der Waals surface area contributed by atoms with Gasteiger partial charge in [-0.15, -0.1) is 0 Å². The molecule has 0 spiro atoms. The van der Waals surface area contributed by atoms with Crippen LogP contribution in [0.1, 0.15) is 21.6 Å². The molecule has 0 unspecified atom stereocenters. The molecule has 7 nitrogen and oxygen atoms in total. The van der Waals surface area contributed by atoms with Gasteiger partial charge in [0.1, 0.15) is 0 Å². The first-order valence-electron chi connectivity index (χ1n) is 9.51. The Morgan fingerprint density at radius 2 is 2.12 bits per heavy atom. The van der Waals surface area contributed by atoms with Crippen LogP contribution in [-0.2, 0) is 18.3 Å². The highest BCUT2D eigenvalue weighted by Crippen LogP contribution is 2.41. The maximum atomic E-state index is 14.8. The maximum Gasteiger partial charge on any atom is 0.335 e. The van der Waals surface area contributed by atoms with Crippen molar-refractivity contribution >= 4 is 51.8 Å². The largest absolute Gasteiger partial charge is 0.478 e. The number of halogens is 2. The van der Waals surface area contributed by atoms with Crippen LogP contribution >= 0.6 is 23.4 Å². The van der Waals surface area contributed by atoms with Crippen molar-refractivity contribution < 1.29 is 19.1 Å². The topological polar surface area (TPSA) is 100 Å². The van der Waals surface area contributed by atoms with Gasteiger partial charge in [-0.25, -0.2) is 9.18 Å². The van der Waals surface area contributed by atoms with Crippen LogP contribution in [0.3, 0.4) is 0 Å². The van der Waals surface area contributed by atoms with Gasteiger partial charge in [0.15, 0.2) is 5.82 Å². The molecular weight excluding hydrogens is 455 g/mol. The first-order valence-corrected chi connectivity index (χ1v) is 10.7. The second-order valence-corrected chi connectivity index (χ2v) is 8.71. The van der Waals surface area contributed by atoms with E-state index in [-0.39, 0.29) is 28.4 Å². The highest BCUT2D eigenvalue weighted by Gasteiger charge is 2.21. The molecule has 4 aromatic rings. The second kappa shape index (κ2) is 8.68. The summed E-state index contributed by atoms with van der Waals surface area (Å²) in [5.41, 5.74) is 2.14. The molecule has 1 amide bonds. The van der Waals surface area contributed by atoms with Crippen LogP contribution < -0.4 is 5.32 Å². The summed E-state index contributed by atoms with van der Waals surface area (Å²) in [6.45, 7) is 1.79. The number of fused-ring (bicyclic) bond motifs is 1. The Hall–Kier alpha value is -3.30. The number of nitrogens with zero attached hydrogens (tertiary/aromatic N) is 2. The molecule has 10 heteroatoms. The minimum Gasteiger partial charge on any atom is -0.478 e. The van der Waals surface area contributed by atoms with Gasteiger partial charge in [-0.1, -0.05) is 29.4 Å². The van der Waals surface area contributed by atoms with E-state index < -0.39 is 11.8 Å². The lowest BCUT2D eigenvalue weighted by Gasteiger charge is -2.09. The van der Waals surface area contributed by atoms with E-state index in [2.05, 4.69) is 15.4 Å². The lowest BCUT2D eigenvalue weighted by atomic mass is 10.1. The summed E-state index contributed by atoms with van der Waals surface area (Å²) in [4.78, 5) is 28.4. The third-order valence-corrected chi connectivity index (χ3v) is 6.30. The number of aromatic carboxylic acids is 1. The second-order valence-electron chi connectivity index (χ2n) is 7.22. The molecule has 0 atom stereocenters. The SMILES string of the molecule is Cc1[nH]c2c(F)c(Cl)cc(CC(=O)Nc3cnn(C)c3)c2c1Sc1cccc(C(=O)O)c1. The number of carboxylic acids is 1. The third-order valence-electron chi connectivity index (χ3n) is 4.82. The smallest absolute Gasteiger partial charge is 0.335 e. The molecule has 32 heavy (non-hydrogen) atoms. The molecule has 0 aliphatic carbocycles. The summed E-state index contributed by atoms with van der Waals surface area (Å²) >= 11 is 7.40. The number of nitrogens with one attached hydrogen (secondary N) is 2. The van der Waals surface area contributed by atoms with E-state index in [9.17, 15) is 19.1 Å². The van der Waals surface area contributed by atoms with E-state index in [0.717, 1.165) is 0 Å². The van der Waals surface area contributed by atoms with Crippen molar-refractivity contribution in [2.45, 2.75) is 23.1 Å². The van der Waals surface area contributed by atoms with Gasteiger partial charge in [-0.2, -0.15) is 5.10 Å². The van der Waals surface area contributed by atoms with Crippen LogP contribution in [-0.4, -0.2) is 31.7 Å². The van der Waals surface area contributed by atoms with E-state index in [1.54, 1.807) is 43.0 Å². The molecule has 0 fully saturated rings. The maximum absolute atomic E-state index is 14.8. The average molecular weight is 473 g/mol. The summed E-state index contributed by atoms with van der Waals surface area (Å²) in [6, 6.07) is 7.92. The van der Waals surface area contributed by atoms with Crippen LogP contribution in [0.4, 0.5) is 10.1 Å². The van der Waals surface area contributed by atoms with Crippen molar-refractivity contribution in [2.75, 3.05) is 5.32 Å². The summed E-state index contributed by atoms with van der Waals surface area (Å²) in [5, 5.41) is 16.5. The number of carbonyl (C=O) groups is 2. The summed E-state index contributed by atoms with van der Waals surface area (Å²) in [5.74, 6) is -1.94. The number of hydrogen-bond donors (Lipinski definition) is 3. The van der Waals surface area contributed by atoms with Gasteiger partial charge in [0.25, 0.3) is 0 Å². The van der Waals surface area contributed by atoms with Gasteiger partial charge >= 0.3 is 5.97 Å². The number of anilines is 1. The number of hydrogen-bond acceptors (Lipinski definition) is 4. The number of H-pyrrole nitrogens is 1. The van der Waals surface area contributed by atoms with Gasteiger partial charge < -0.3 is 15.4 Å². The van der Waals surface area contributed by atoms with Crippen LogP contribution in [0.25, 0.3) is 10.9 Å². The van der Waals surface area contributed by atoms with E-state index >= 15 is 0 Å². The van der Waals surface area contributed by atoms with E-state index in [0.29, 0.717) is 32.1 Å². The quantitative estimate of drug-likeness (QED) is 0.365. The van der Waals surface area contributed by atoms with Crippen molar-refractivity contribution in [1.82, 2.24) is 14.8 Å². The fourth-order valence-corrected chi connectivity index (χ4v) is 4.76. The van der Waals surface area contributed by atoms with Gasteiger partial charge in [-0.3, -0.25) is 9.48 Å². The van der Waals surface area contributed by atoms with Gasteiger partial charge in [-0.05, 0) is 36.8 Å².